The molecule has 0 spiro atoms. The zero-order valence-electron chi connectivity index (χ0n) is 10.5. The van der Waals surface area contributed by atoms with Crippen LogP contribution in [0.25, 0.3) is 0 Å². The van der Waals surface area contributed by atoms with Gasteiger partial charge >= 0.3 is 5.97 Å². The first-order valence-corrected chi connectivity index (χ1v) is 6.82. The minimum atomic E-state index is -0.378. The van der Waals surface area contributed by atoms with Crippen molar-refractivity contribution in [3.8, 4) is 0 Å². The number of carbonyl (C=O) groups is 1. The van der Waals surface area contributed by atoms with Gasteiger partial charge in [-0.3, -0.25) is 9.59 Å². The first-order chi connectivity index (χ1) is 8.51. The Labute approximate surface area is 114 Å². The summed E-state index contributed by atoms with van der Waals surface area (Å²) in [7, 11) is 1.52. The third kappa shape index (κ3) is 3.49. The molecule has 0 aliphatic carbocycles. The van der Waals surface area contributed by atoms with E-state index >= 15 is 0 Å². The van der Waals surface area contributed by atoms with Gasteiger partial charge in [-0.2, -0.15) is 5.10 Å². The number of ether oxygens (including phenoxy) is 1. The van der Waals surface area contributed by atoms with E-state index in [0.29, 0.717) is 17.9 Å². The molecule has 0 N–H and O–H groups in total. The topological polar surface area (TPSA) is 61.2 Å². The van der Waals surface area contributed by atoms with Crippen molar-refractivity contribution in [2.24, 2.45) is 7.05 Å². The van der Waals surface area contributed by atoms with Crippen LogP contribution in [-0.2, 0) is 16.6 Å². The Morgan fingerprint density at radius 3 is 2.83 bits per heavy atom. The highest BCUT2D eigenvalue weighted by molar-refractivity contribution is 8.00. The van der Waals surface area contributed by atoms with Gasteiger partial charge in [0, 0.05) is 7.05 Å². The summed E-state index contributed by atoms with van der Waals surface area (Å²) in [5.41, 5.74) is -0.375. The largest absolute Gasteiger partial charge is 0.465 e. The Morgan fingerprint density at radius 2 is 2.28 bits per heavy atom. The van der Waals surface area contributed by atoms with E-state index in [4.69, 9.17) is 16.3 Å². The lowest BCUT2D eigenvalue weighted by atomic mass is 10.3. The molecule has 0 radical (unpaired) electrons. The summed E-state index contributed by atoms with van der Waals surface area (Å²) in [6, 6.07) is 0. The molecular formula is C11H15ClN2O3S. The van der Waals surface area contributed by atoms with E-state index in [-0.39, 0.29) is 21.8 Å². The molecular weight excluding hydrogens is 276 g/mol. The molecule has 18 heavy (non-hydrogen) atoms. The van der Waals surface area contributed by atoms with Crippen molar-refractivity contribution in [2.45, 2.75) is 30.4 Å². The number of carbonyl (C=O) groups excluding carboxylic acids is 1. The summed E-state index contributed by atoms with van der Waals surface area (Å²) in [5.74, 6) is -0.304. The van der Waals surface area contributed by atoms with Gasteiger partial charge in [0.2, 0.25) is 0 Å². The monoisotopic (exact) mass is 290 g/mol. The summed E-state index contributed by atoms with van der Waals surface area (Å²) in [4.78, 5) is 23.7. The average Bonchev–Trinajstić information content (AvgIpc) is 2.35. The fourth-order valence-electron chi connectivity index (χ4n) is 1.26. The Morgan fingerprint density at radius 1 is 1.61 bits per heavy atom. The molecule has 1 heterocycles. The van der Waals surface area contributed by atoms with Crippen LogP contribution in [0.2, 0.25) is 5.02 Å². The zero-order chi connectivity index (χ0) is 13.7. The first-order valence-electron chi connectivity index (χ1n) is 5.56. The van der Waals surface area contributed by atoms with Crippen molar-refractivity contribution in [3.63, 3.8) is 0 Å². The van der Waals surface area contributed by atoms with Crippen LogP contribution >= 0.6 is 23.4 Å². The molecule has 0 bridgehead atoms. The van der Waals surface area contributed by atoms with Crippen molar-refractivity contribution in [3.05, 3.63) is 21.6 Å². The third-order valence-electron chi connectivity index (χ3n) is 2.24. The van der Waals surface area contributed by atoms with Crippen LogP contribution in [0.5, 0.6) is 0 Å². The molecule has 0 aliphatic heterocycles. The summed E-state index contributed by atoms with van der Waals surface area (Å²) >= 11 is 7.14. The Bertz CT molecular complexity index is 490. The van der Waals surface area contributed by atoms with E-state index in [1.165, 1.54) is 25.0 Å². The molecule has 100 valence electrons. The van der Waals surface area contributed by atoms with Crippen LogP contribution < -0.4 is 5.56 Å². The lowest BCUT2D eigenvalue weighted by molar-refractivity contribution is -0.142. The number of hydrogen-bond acceptors (Lipinski definition) is 5. The van der Waals surface area contributed by atoms with Crippen LogP contribution in [0.15, 0.2) is 15.9 Å². The van der Waals surface area contributed by atoms with Crippen molar-refractivity contribution < 1.29 is 9.53 Å². The summed E-state index contributed by atoms with van der Waals surface area (Å²) < 4.78 is 6.10. The Kier molecular flexibility index (Phi) is 5.68. The van der Waals surface area contributed by atoms with Gasteiger partial charge in [-0.25, -0.2) is 4.68 Å². The predicted octanol–water partition coefficient (Wildman–Crippen LogP) is 1.87. The number of halogens is 1. The average molecular weight is 291 g/mol. The molecule has 0 fully saturated rings. The second-order valence-electron chi connectivity index (χ2n) is 3.52. The van der Waals surface area contributed by atoms with Crippen LogP contribution in [0.3, 0.4) is 0 Å². The molecule has 7 heteroatoms. The van der Waals surface area contributed by atoms with E-state index < -0.39 is 0 Å². The maximum Gasteiger partial charge on any atom is 0.319 e. The van der Waals surface area contributed by atoms with Gasteiger partial charge in [-0.15, -0.1) is 11.8 Å². The number of hydrogen-bond donors (Lipinski definition) is 0. The molecule has 1 rings (SSSR count). The van der Waals surface area contributed by atoms with Crippen molar-refractivity contribution >= 4 is 29.3 Å². The maximum absolute atomic E-state index is 11.7. The number of aryl methyl sites for hydroxylation is 1. The van der Waals surface area contributed by atoms with Gasteiger partial charge in [0.15, 0.2) is 0 Å². The molecule has 5 nitrogen and oxygen atoms in total. The van der Waals surface area contributed by atoms with Gasteiger partial charge in [-0.05, 0) is 13.3 Å². The molecule has 1 unspecified atom stereocenters. The minimum absolute atomic E-state index is 0.0836. The van der Waals surface area contributed by atoms with Crippen LogP contribution in [0.4, 0.5) is 0 Å². The Hall–Kier alpha value is -1.01. The van der Waals surface area contributed by atoms with Gasteiger partial charge in [0.25, 0.3) is 5.56 Å². The van der Waals surface area contributed by atoms with Gasteiger partial charge in [0.05, 0.1) is 17.7 Å². The molecule has 0 aromatic carbocycles. The highest BCUT2D eigenvalue weighted by atomic mass is 35.5. The summed E-state index contributed by atoms with van der Waals surface area (Å²) in [6.07, 6.45) is 2.07. The first kappa shape index (κ1) is 15.0. The Balaban J connectivity index is 2.92. The van der Waals surface area contributed by atoms with Crippen LogP contribution in [-0.4, -0.2) is 27.6 Å². The number of esters is 1. The fourth-order valence-corrected chi connectivity index (χ4v) is 2.51. The zero-order valence-corrected chi connectivity index (χ0v) is 12.0. The highest BCUT2D eigenvalue weighted by Crippen LogP contribution is 2.29. The van der Waals surface area contributed by atoms with Gasteiger partial charge < -0.3 is 4.74 Å². The number of aromatic nitrogens is 2. The number of thioether (sulfide) groups is 1. The summed E-state index contributed by atoms with van der Waals surface area (Å²) in [5, 5.41) is 3.58. The molecule has 0 aliphatic rings. The van der Waals surface area contributed by atoms with E-state index in [1.54, 1.807) is 6.92 Å². The van der Waals surface area contributed by atoms with Crippen molar-refractivity contribution in [1.82, 2.24) is 9.78 Å². The van der Waals surface area contributed by atoms with E-state index in [0.717, 1.165) is 4.68 Å². The second kappa shape index (κ2) is 6.80. The molecule has 1 aromatic rings. The smallest absolute Gasteiger partial charge is 0.319 e. The van der Waals surface area contributed by atoms with Crippen LogP contribution in [0.1, 0.15) is 20.3 Å². The van der Waals surface area contributed by atoms with E-state index in [9.17, 15) is 9.59 Å². The standard InChI is InChI=1S/C11H15ClN2O3S/c1-4-7(11(16)17-5-2)18-8-6-13-14(3)10(15)9(8)12/h6-7H,4-5H2,1-3H3. The normalized spacial score (nSPS) is 12.2. The van der Waals surface area contributed by atoms with Crippen molar-refractivity contribution in [1.29, 1.82) is 0 Å². The molecule has 1 aromatic heterocycles. The molecule has 0 saturated heterocycles. The maximum atomic E-state index is 11.7. The second-order valence-corrected chi connectivity index (χ2v) is 5.14. The quantitative estimate of drug-likeness (QED) is 0.612. The summed E-state index contributed by atoms with van der Waals surface area (Å²) in [6.45, 7) is 3.96. The van der Waals surface area contributed by atoms with Gasteiger partial charge in [0.1, 0.15) is 10.3 Å². The molecule has 1 atom stereocenters. The number of nitrogens with zero attached hydrogens (tertiary/aromatic N) is 2. The van der Waals surface area contributed by atoms with Crippen molar-refractivity contribution in [2.75, 3.05) is 6.61 Å². The van der Waals surface area contributed by atoms with E-state index in [1.807, 2.05) is 6.92 Å². The fraction of sp³-hybridized carbons (Fsp3) is 0.545. The third-order valence-corrected chi connectivity index (χ3v) is 4.09. The lowest BCUT2D eigenvalue weighted by Gasteiger charge is -2.13. The lowest BCUT2D eigenvalue weighted by Crippen LogP contribution is -2.22. The molecule has 0 saturated carbocycles. The van der Waals surface area contributed by atoms with Gasteiger partial charge in [-0.1, -0.05) is 18.5 Å². The van der Waals surface area contributed by atoms with Crippen LogP contribution in [0, 0.1) is 0 Å². The highest BCUT2D eigenvalue weighted by Gasteiger charge is 2.21. The predicted molar refractivity (Wildman–Crippen MR) is 71.1 cm³/mol. The molecule has 0 amide bonds. The number of rotatable bonds is 5. The van der Waals surface area contributed by atoms with E-state index in [2.05, 4.69) is 5.10 Å². The SMILES string of the molecule is CCOC(=O)C(CC)Sc1cnn(C)c(=O)c1Cl. The minimum Gasteiger partial charge on any atom is -0.465 e.